The third kappa shape index (κ3) is 4.79. The van der Waals surface area contributed by atoms with Gasteiger partial charge in [-0.15, -0.1) is 0 Å². The number of likely N-dealkylation sites (tertiary alicyclic amines) is 1. The summed E-state index contributed by atoms with van der Waals surface area (Å²) in [5, 5.41) is 10.1. The van der Waals surface area contributed by atoms with Gasteiger partial charge in [-0.25, -0.2) is 4.39 Å². The van der Waals surface area contributed by atoms with Gasteiger partial charge in [0.1, 0.15) is 17.3 Å². The van der Waals surface area contributed by atoms with Gasteiger partial charge in [0.25, 0.3) is 0 Å². The molecule has 0 radical (unpaired) electrons. The highest BCUT2D eigenvalue weighted by molar-refractivity contribution is 5.30. The fraction of sp³-hybridized carbons (Fsp3) is 0.455. The van der Waals surface area contributed by atoms with Crippen LogP contribution in [0.1, 0.15) is 24.0 Å². The highest BCUT2D eigenvalue weighted by Crippen LogP contribution is 2.35. The van der Waals surface area contributed by atoms with Gasteiger partial charge in [-0.3, -0.25) is 4.90 Å². The van der Waals surface area contributed by atoms with Crippen molar-refractivity contribution >= 4 is 0 Å². The molecule has 1 saturated heterocycles. The lowest BCUT2D eigenvalue weighted by Gasteiger charge is -2.41. The minimum absolute atomic E-state index is 0.113. The van der Waals surface area contributed by atoms with E-state index in [4.69, 9.17) is 9.47 Å². The van der Waals surface area contributed by atoms with Gasteiger partial charge in [0, 0.05) is 18.7 Å². The number of aliphatic hydroxyl groups excluding tert-OH is 1. The molecule has 0 atom stereocenters. The molecule has 0 unspecified atom stereocenters. The first-order chi connectivity index (χ1) is 13.1. The molecule has 146 valence electrons. The molecule has 1 aliphatic rings. The third-order valence-electron chi connectivity index (χ3n) is 5.64. The number of rotatable bonds is 7. The molecule has 0 aliphatic carbocycles. The van der Waals surface area contributed by atoms with Gasteiger partial charge < -0.3 is 14.6 Å². The van der Waals surface area contributed by atoms with Crippen molar-refractivity contribution in [1.29, 1.82) is 0 Å². The monoisotopic (exact) mass is 373 g/mol. The van der Waals surface area contributed by atoms with E-state index in [0.717, 1.165) is 38.1 Å². The molecule has 27 heavy (non-hydrogen) atoms. The topological polar surface area (TPSA) is 41.9 Å². The molecule has 2 aromatic carbocycles. The van der Waals surface area contributed by atoms with Crippen LogP contribution in [0, 0.1) is 11.2 Å². The van der Waals surface area contributed by atoms with Gasteiger partial charge in [-0.1, -0.05) is 12.1 Å². The lowest BCUT2D eigenvalue weighted by molar-refractivity contribution is 0.0410. The summed E-state index contributed by atoms with van der Waals surface area (Å²) in [6.07, 6.45) is 2.62. The number of ether oxygens (including phenoxy) is 2. The first kappa shape index (κ1) is 19.6. The highest BCUT2D eigenvalue weighted by atomic mass is 19.1. The van der Waals surface area contributed by atoms with Crippen molar-refractivity contribution < 1.29 is 19.0 Å². The zero-order valence-electron chi connectivity index (χ0n) is 16.1. The molecule has 0 spiro atoms. The molecule has 1 heterocycles. The second kappa shape index (κ2) is 8.72. The molecular formula is C22H28FNO3. The molecule has 0 bridgehead atoms. The summed E-state index contributed by atoms with van der Waals surface area (Å²) >= 11 is 0. The Morgan fingerprint density at radius 2 is 1.63 bits per heavy atom. The number of nitrogens with zero attached hydrogens (tertiary/aromatic N) is 1. The number of hydrogen-bond donors (Lipinski definition) is 1. The Bertz CT molecular complexity index is 740. The quantitative estimate of drug-likeness (QED) is 0.804. The predicted octanol–water partition coefficient (Wildman–Crippen LogP) is 3.66. The first-order valence-electron chi connectivity index (χ1n) is 9.36. The van der Waals surface area contributed by atoms with Crippen LogP contribution in [0.4, 0.5) is 4.39 Å². The number of halogens is 1. The van der Waals surface area contributed by atoms with Gasteiger partial charge >= 0.3 is 0 Å². The predicted molar refractivity (Wildman–Crippen MR) is 104 cm³/mol. The maximum atomic E-state index is 14.1. The first-order valence-corrected chi connectivity index (χ1v) is 9.36. The Morgan fingerprint density at radius 1 is 1.00 bits per heavy atom. The molecular weight excluding hydrogens is 345 g/mol. The SMILES string of the molecule is COc1ccc(CC2(CO)CCN(Cc3cc(OC)ccc3F)CC2)cc1. The molecule has 1 fully saturated rings. The average molecular weight is 373 g/mol. The molecule has 0 amide bonds. The van der Waals surface area contributed by atoms with Crippen molar-refractivity contribution in [2.24, 2.45) is 5.41 Å². The fourth-order valence-electron chi connectivity index (χ4n) is 3.79. The maximum absolute atomic E-state index is 14.1. The minimum Gasteiger partial charge on any atom is -0.497 e. The van der Waals surface area contributed by atoms with E-state index in [1.54, 1.807) is 26.4 Å². The van der Waals surface area contributed by atoms with E-state index in [0.29, 0.717) is 17.9 Å². The Balaban J connectivity index is 1.62. The summed E-state index contributed by atoms with van der Waals surface area (Å²) in [5.74, 6) is 1.31. The molecule has 5 heteroatoms. The standard InChI is InChI=1S/C22H28FNO3/c1-26-19-5-3-17(4-6-19)14-22(16-25)9-11-24(12-10-22)15-18-13-20(27-2)7-8-21(18)23/h3-8,13,25H,9-12,14-16H2,1-2H3. The van der Waals surface area contributed by atoms with Gasteiger partial charge in [-0.2, -0.15) is 0 Å². The minimum atomic E-state index is -0.201. The van der Waals surface area contributed by atoms with Crippen LogP contribution in [0.3, 0.4) is 0 Å². The molecule has 3 rings (SSSR count). The van der Waals surface area contributed by atoms with E-state index >= 15 is 0 Å². The van der Waals surface area contributed by atoms with E-state index in [1.165, 1.54) is 11.6 Å². The van der Waals surface area contributed by atoms with Crippen molar-refractivity contribution in [3.05, 3.63) is 59.4 Å². The van der Waals surface area contributed by atoms with Gasteiger partial charge in [0.15, 0.2) is 0 Å². The van der Waals surface area contributed by atoms with E-state index in [-0.39, 0.29) is 17.8 Å². The lowest BCUT2D eigenvalue weighted by Crippen LogP contribution is -2.43. The fourth-order valence-corrected chi connectivity index (χ4v) is 3.79. The molecule has 2 aromatic rings. The van der Waals surface area contributed by atoms with Crippen LogP contribution >= 0.6 is 0 Å². The summed E-state index contributed by atoms with van der Waals surface area (Å²) in [4.78, 5) is 2.25. The summed E-state index contributed by atoms with van der Waals surface area (Å²) in [6, 6.07) is 12.9. The smallest absolute Gasteiger partial charge is 0.127 e. The average Bonchev–Trinajstić information content (AvgIpc) is 2.71. The normalized spacial score (nSPS) is 16.9. The summed E-state index contributed by atoms with van der Waals surface area (Å²) in [6.45, 7) is 2.41. The van der Waals surface area contributed by atoms with Crippen LogP contribution in [0.15, 0.2) is 42.5 Å². The van der Waals surface area contributed by atoms with E-state index in [1.807, 2.05) is 12.1 Å². The van der Waals surface area contributed by atoms with Crippen molar-refractivity contribution in [1.82, 2.24) is 4.90 Å². The van der Waals surface area contributed by atoms with Crippen LogP contribution < -0.4 is 9.47 Å². The Hall–Kier alpha value is -2.11. The Morgan fingerprint density at radius 3 is 2.22 bits per heavy atom. The van der Waals surface area contributed by atoms with Crippen LogP contribution in [0.5, 0.6) is 11.5 Å². The van der Waals surface area contributed by atoms with Crippen LogP contribution in [-0.4, -0.2) is 43.9 Å². The number of hydrogen-bond acceptors (Lipinski definition) is 4. The van der Waals surface area contributed by atoms with Crippen molar-refractivity contribution in [2.75, 3.05) is 33.9 Å². The van der Waals surface area contributed by atoms with E-state index in [2.05, 4.69) is 17.0 Å². The second-order valence-electron chi connectivity index (χ2n) is 7.42. The van der Waals surface area contributed by atoms with E-state index < -0.39 is 0 Å². The van der Waals surface area contributed by atoms with Crippen LogP contribution in [0.25, 0.3) is 0 Å². The second-order valence-corrected chi connectivity index (χ2v) is 7.42. The number of benzene rings is 2. The van der Waals surface area contributed by atoms with Crippen molar-refractivity contribution in [3.63, 3.8) is 0 Å². The molecule has 1 aliphatic heterocycles. The summed E-state index contributed by atoms with van der Waals surface area (Å²) in [5.41, 5.74) is 1.75. The van der Waals surface area contributed by atoms with Gasteiger partial charge in [0.2, 0.25) is 0 Å². The highest BCUT2D eigenvalue weighted by Gasteiger charge is 2.34. The molecule has 0 saturated carbocycles. The van der Waals surface area contributed by atoms with Gasteiger partial charge in [-0.05, 0) is 73.7 Å². The summed E-state index contributed by atoms with van der Waals surface area (Å²) < 4.78 is 24.5. The third-order valence-corrected chi connectivity index (χ3v) is 5.64. The van der Waals surface area contributed by atoms with Crippen molar-refractivity contribution in [3.8, 4) is 11.5 Å². The van der Waals surface area contributed by atoms with E-state index in [9.17, 15) is 9.50 Å². The Labute approximate surface area is 160 Å². The van der Waals surface area contributed by atoms with Crippen molar-refractivity contribution in [2.45, 2.75) is 25.8 Å². The number of methoxy groups -OCH3 is 2. The lowest BCUT2D eigenvalue weighted by atomic mass is 9.74. The number of aliphatic hydroxyl groups is 1. The zero-order valence-corrected chi connectivity index (χ0v) is 16.1. The number of piperidine rings is 1. The largest absolute Gasteiger partial charge is 0.497 e. The molecule has 1 N–H and O–H groups in total. The summed E-state index contributed by atoms with van der Waals surface area (Å²) in [7, 11) is 3.25. The van der Waals surface area contributed by atoms with Crippen LogP contribution in [-0.2, 0) is 13.0 Å². The maximum Gasteiger partial charge on any atom is 0.127 e. The van der Waals surface area contributed by atoms with Crippen LogP contribution in [0.2, 0.25) is 0 Å². The molecule has 0 aromatic heterocycles. The van der Waals surface area contributed by atoms with Gasteiger partial charge in [0.05, 0.1) is 14.2 Å². The zero-order chi connectivity index (χ0) is 19.3. The Kier molecular flexibility index (Phi) is 6.34. The molecule has 4 nitrogen and oxygen atoms in total.